The summed E-state index contributed by atoms with van der Waals surface area (Å²) in [6.07, 6.45) is 2.35. The molecule has 12 heteroatoms. The molecule has 4 rings (SSSR count). The average Bonchev–Trinajstić information content (AvgIpc) is 3.30. The molecule has 1 atom stereocenters. The van der Waals surface area contributed by atoms with Crippen molar-refractivity contribution in [1.82, 2.24) is 29.7 Å². The minimum atomic E-state index is -3.90. The van der Waals surface area contributed by atoms with Crippen LogP contribution >= 0.6 is 0 Å². The minimum Gasteiger partial charge on any atom is -0.494 e. The first kappa shape index (κ1) is 26.2. The maximum atomic E-state index is 13.2. The number of aliphatic hydroxyl groups is 1. The third-order valence-electron chi connectivity index (χ3n) is 5.61. The Kier molecular flexibility index (Phi) is 7.79. The number of rotatable bonds is 10. The Morgan fingerprint density at radius 3 is 2.27 bits per heavy atom. The number of aliphatic hydroxyl groups excluding tert-OH is 1. The molecular formula is C25H28N6O5S. The maximum Gasteiger partial charge on any atom is 0.187 e. The number of nitrogens with zero attached hydrogens (tertiary/aromatic N) is 6. The molecule has 3 aromatic heterocycles. The number of ether oxygens (including phenoxy) is 2. The third-order valence-corrected chi connectivity index (χ3v) is 7.13. The molecule has 11 nitrogen and oxygen atoms in total. The standard InChI is InChI=1S/C25H28N6O5S/c1-5-17-8-6-9-18(28-17)25-30-29-22(31(25)23-20(35-3)10-7-11-21(23)36-4)15-37(33,34)14-19(32)24-26-12-16(2)13-27-24/h6-13,19,32H,5,14-15H2,1-4H3/t19-/m1/s1. The summed E-state index contributed by atoms with van der Waals surface area (Å²) in [7, 11) is -0.886. The topological polar surface area (TPSA) is 142 Å². The molecule has 0 spiro atoms. The highest BCUT2D eigenvalue weighted by Crippen LogP contribution is 2.36. The number of sulfone groups is 1. The van der Waals surface area contributed by atoms with Crippen LogP contribution < -0.4 is 9.47 Å². The van der Waals surface area contributed by atoms with E-state index < -0.39 is 27.4 Å². The molecule has 0 aliphatic carbocycles. The van der Waals surface area contributed by atoms with Crippen LogP contribution in [0.15, 0.2) is 48.8 Å². The lowest BCUT2D eigenvalue weighted by Crippen LogP contribution is -2.20. The Hall–Kier alpha value is -3.90. The fourth-order valence-corrected chi connectivity index (χ4v) is 5.14. The van der Waals surface area contributed by atoms with Crippen molar-refractivity contribution in [2.24, 2.45) is 0 Å². The van der Waals surface area contributed by atoms with Gasteiger partial charge in [0.05, 0.1) is 20.0 Å². The molecule has 0 aliphatic rings. The fourth-order valence-electron chi connectivity index (χ4n) is 3.81. The molecule has 0 saturated carbocycles. The lowest BCUT2D eigenvalue weighted by molar-refractivity contribution is 0.191. The second kappa shape index (κ2) is 11.0. The Morgan fingerprint density at radius 1 is 1.00 bits per heavy atom. The summed E-state index contributed by atoms with van der Waals surface area (Å²) in [5, 5.41) is 19.0. The first-order valence-electron chi connectivity index (χ1n) is 11.5. The van der Waals surface area contributed by atoms with Gasteiger partial charge in [-0.05, 0) is 43.2 Å². The zero-order chi connectivity index (χ0) is 26.6. The van der Waals surface area contributed by atoms with Gasteiger partial charge in [0.1, 0.15) is 34.7 Å². The first-order valence-corrected chi connectivity index (χ1v) is 13.4. The molecule has 4 aromatic rings. The highest BCUT2D eigenvalue weighted by molar-refractivity contribution is 7.90. The highest BCUT2D eigenvalue weighted by atomic mass is 32.2. The molecule has 0 aliphatic heterocycles. The van der Waals surface area contributed by atoms with E-state index in [1.54, 1.807) is 35.8 Å². The molecular weight excluding hydrogens is 496 g/mol. The summed E-state index contributed by atoms with van der Waals surface area (Å²) in [4.78, 5) is 12.7. The van der Waals surface area contributed by atoms with Crippen LogP contribution in [0.25, 0.3) is 17.2 Å². The smallest absolute Gasteiger partial charge is 0.187 e. The fraction of sp³-hybridized carbons (Fsp3) is 0.320. The zero-order valence-corrected chi connectivity index (χ0v) is 21.8. The molecule has 1 aromatic carbocycles. The van der Waals surface area contributed by atoms with Crippen molar-refractivity contribution in [1.29, 1.82) is 0 Å². The van der Waals surface area contributed by atoms with Crippen LogP contribution in [0.4, 0.5) is 0 Å². The highest BCUT2D eigenvalue weighted by Gasteiger charge is 2.28. The lowest BCUT2D eigenvalue weighted by atomic mass is 10.2. The van der Waals surface area contributed by atoms with Crippen LogP contribution in [-0.4, -0.2) is 63.2 Å². The Morgan fingerprint density at radius 2 is 1.65 bits per heavy atom. The Bertz CT molecular complexity index is 1470. The zero-order valence-electron chi connectivity index (χ0n) is 21.0. The largest absolute Gasteiger partial charge is 0.494 e. The van der Waals surface area contributed by atoms with Gasteiger partial charge in [-0.3, -0.25) is 4.57 Å². The van der Waals surface area contributed by atoms with Crippen molar-refractivity contribution in [3.8, 4) is 28.7 Å². The van der Waals surface area contributed by atoms with Gasteiger partial charge in [-0.25, -0.2) is 23.4 Å². The van der Waals surface area contributed by atoms with Crippen LogP contribution in [0.5, 0.6) is 11.5 Å². The second-order valence-corrected chi connectivity index (χ2v) is 10.5. The predicted molar refractivity (Wildman–Crippen MR) is 136 cm³/mol. The normalized spacial score (nSPS) is 12.4. The molecule has 37 heavy (non-hydrogen) atoms. The number of pyridine rings is 1. The first-order chi connectivity index (χ1) is 17.8. The number of hydrogen-bond acceptors (Lipinski definition) is 10. The molecule has 0 saturated heterocycles. The summed E-state index contributed by atoms with van der Waals surface area (Å²) < 4.78 is 39.2. The van der Waals surface area contributed by atoms with E-state index in [1.807, 2.05) is 19.1 Å². The van der Waals surface area contributed by atoms with Gasteiger partial charge < -0.3 is 14.6 Å². The quantitative estimate of drug-likeness (QED) is 0.329. The van der Waals surface area contributed by atoms with E-state index in [-0.39, 0.29) is 11.6 Å². The van der Waals surface area contributed by atoms with Crippen LogP contribution in [0.2, 0.25) is 0 Å². The van der Waals surface area contributed by atoms with Crippen LogP contribution in [-0.2, 0) is 22.0 Å². The molecule has 1 N–H and O–H groups in total. The van der Waals surface area contributed by atoms with Crippen LogP contribution in [0, 0.1) is 6.92 Å². The van der Waals surface area contributed by atoms with Gasteiger partial charge in [0, 0.05) is 18.1 Å². The molecule has 0 fully saturated rings. The Labute approximate surface area is 215 Å². The second-order valence-electron chi connectivity index (χ2n) is 8.34. The number of aromatic nitrogens is 6. The van der Waals surface area contributed by atoms with Crippen LogP contribution in [0.1, 0.15) is 35.9 Å². The van der Waals surface area contributed by atoms with Gasteiger partial charge in [-0.15, -0.1) is 10.2 Å². The number of aryl methyl sites for hydroxylation is 2. The van der Waals surface area contributed by atoms with Crippen molar-refractivity contribution >= 4 is 9.84 Å². The maximum absolute atomic E-state index is 13.2. The van der Waals surface area contributed by atoms with Crippen molar-refractivity contribution in [2.45, 2.75) is 32.1 Å². The monoisotopic (exact) mass is 524 g/mol. The third kappa shape index (κ3) is 5.75. The number of para-hydroxylation sites is 1. The number of benzene rings is 1. The van der Waals surface area contributed by atoms with Crippen molar-refractivity contribution < 1.29 is 23.0 Å². The molecule has 0 bridgehead atoms. The summed E-state index contributed by atoms with van der Waals surface area (Å²) in [6, 6.07) is 10.7. The van der Waals surface area contributed by atoms with Gasteiger partial charge in [0.15, 0.2) is 27.3 Å². The van der Waals surface area contributed by atoms with Gasteiger partial charge in [-0.1, -0.05) is 19.1 Å². The number of methoxy groups -OCH3 is 2. The summed E-state index contributed by atoms with van der Waals surface area (Å²) in [6.45, 7) is 3.79. The molecule has 0 radical (unpaired) electrons. The van der Waals surface area contributed by atoms with E-state index in [0.717, 1.165) is 11.3 Å². The lowest BCUT2D eigenvalue weighted by Gasteiger charge is -2.17. The molecule has 3 heterocycles. The van der Waals surface area contributed by atoms with E-state index in [9.17, 15) is 13.5 Å². The van der Waals surface area contributed by atoms with Gasteiger partial charge >= 0.3 is 0 Å². The molecule has 0 unspecified atom stereocenters. The van der Waals surface area contributed by atoms with Crippen LogP contribution in [0.3, 0.4) is 0 Å². The number of hydrogen-bond donors (Lipinski definition) is 1. The summed E-state index contributed by atoms with van der Waals surface area (Å²) in [5.74, 6) is 0.216. The van der Waals surface area contributed by atoms with E-state index in [0.29, 0.717) is 35.1 Å². The Balaban J connectivity index is 1.80. The minimum absolute atomic E-state index is 0.0308. The van der Waals surface area contributed by atoms with Crippen molar-refractivity contribution in [3.05, 3.63) is 71.7 Å². The molecule has 0 amide bonds. The van der Waals surface area contributed by atoms with Crippen molar-refractivity contribution in [2.75, 3.05) is 20.0 Å². The van der Waals surface area contributed by atoms with Gasteiger partial charge in [0.25, 0.3) is 0 Å². The van der Waals surface area contributed by atoms with E-state index in [4.69, 9.17) is 9.47 Å². The average molecular weight is 525 g/mol. The molecule has 194 valence electrons. The van der Waals surface area contributed by atoms with E-state index in [1.165, 1.54) is 26.6 Å². The van der Waals surface area contributed by atoms with Crippen molar-refractivity contribution in [3.63, 3.8) is 0 Å². The summed E-state index contributed by atoms with van der Waals surface area (Å²) in [5.41, 5.74) is 2.58. The SMILES string of the molecule is CCc1cccc(-c2nnc(CS(=O)(=O)C[C@@H](O)c3ncc(C)cn3)n2-c2c(OC)cccc2OC)n1. The summed E-state index contributed by atoms with van der Waals surface area (Å²) >= 11 is 0. The predicted octanol–water partition coefficient (Wildman–Crippen LogP) is 2.66. The van der Waals surface area contributed by atoms with E-state index in [2.05, 4.69) is 25.1 Å². The van der Waals surface area contributed by atoms with Gasteiger partial charge in [-0.2, -0.15) is 0 Å². The van der Waals surface area contributed by atoms with E-state index >= 15 is 0 Å². The van der Waals surface area contributed by atoms with Gasteiger partial charge in [0.2, 0.25) is 0 Å².